The predicted molar refractivity (Wildman–Crippen MR) is 73.1 cm³/mol. The van der Waals surface area contributed by atoms with Crippen LogP contribution in [0, 0.1) is 47.3 Å². The van der Waals surface area contributed by atoms with Gasteiger partial charge in [0.2, 0.25) is 0 Å². The molecule has 4 aliphatic carbocycles. The molecule has 4 bridgehead atoms. The zero-order valence-electron chi connectivity index (χ0n) is 11.7. The van der Waals surface area contributed by atoms with E-state index in [1.54, 1.807) is 0 Å². The summed E-state index contributed by atoms with van der Waals surface area (Å²) in [5.74, 6) is 7.66. The molecule has 0 aliphatic heterocycles. The minimum atomic E-state index is 0.682. The summed E-state index contributed by atoms with van der Waals surface area (Å²) in [6.07, 6.45) is 9.57. The number of hydrogen-bond donors (Lipinski definition) is 0. The highest BCUT2D eigenvalue weighted by molar-refractivity contribution is 5.20. The third-order valence-corrected chi connectivity index (χ3v) is 6.19. The zero-order chi connectivity index (χ0) is 12.3. The molecule has 0 saturated heterocycles. The number of allylic oxidation sites excluding steroid dienone is 2. The molecule has 0 radical (unpaired) electrons. The SMILES string of the molecule is CC(C)COCC1CC2CC1C1C3C=CC(C3)C21. The fraction of sp³-hybridized carbons (Fsp3) is 0.882. The molecule has 0 aromatic rings. The lowest BCUT2D eigenvalue weighted by molar-refractivity contribution is 0.0357. The van der Waals surface area contributed by atoms with Crippen molar-refractivity contribution in [3.8, 4) is 0 Å². The van der Waals surface area contributed by atoms with Gasteiger partial charge in [-0.15, -0.1) is 0 Å². The first-order valence-corrected chi connectivity index (χ1v) is 8.00. The average molecular weight is 246 g/mol. The average Bonchev–Trinajstić information content (AvgIpc) is 3.06. The lowest BCUT2D eigenvalue weighted by Crippen LogP contribution is -2.33. The molecule has 0 amide bonds. The van der Waals surface area contributed by atoms with Crippen LogP contribution in [-0.4, -0.2) is 13.2 Å². The van der Waals surface area contributed by atoms with Crippen LogP contribution in [0.4, 0.5) is 0 Å². The summed E-state index contributed by atoms with van der Waals surface area (Å²) in [4.78, 5) is 0. The molecule has 3 fully saturated rings. The van der Waals surface area contributed by atoms with Gasteiger partial charge in [-0.3, -0.25) is 0 Å². The van der Waals surface area contributed by atoms with E-state index < -0.39 is 0 Å². The molecule has 1 nitrogen and oxygen atoms in total. The summed E-state index contributed by atoms with van der Waals surface area (Å²) in [5.41, 5.74) is 0. The zero-order valence-corrected chi connectivity index (χ0v) is 11.7. The molecule has 0 aromatic heterocycles. The molecule has 4 aliphatic rings. The van der Waals surface area contributed by atoms with Gasteiger partial charge in [0, 0.05) is 13.2 Å². The minimum Gasteiger partial charge on any atom is -0.381 e. The topological polar surface area (TPSA) is 9.23 Å². The molecule has 7 atom stereocenters. The lowest BCUT2D eigenvalue weighted by atomic mass is 9.69. The van der Waals surface area contributed by atoms with Crippen molar-refractivity contribution in [3.05, 3.63) is 12.2 Å². The Hall–Kier alpha value is -0.300. The first kappa shape index (κ1) is 11.5. The first-order chi connectivity index (χ1) is 8.74. The second-order valence-corrected chi connectivity index (χ2v) is 7.69. The van der Waals surface area contributed by atoms with Crippen LogP contribution in [0.2, 0.25) is 0 Å². The van der Waals surface area contributed by atoms with Crippen molar-refractivity contribution in [1.82, 2.24) is 0 Å². The maximum absolute atomic E-state index is 5.94. The van der Waals surface area contributed by atoms with Gasteiger partial charge >= 0.3 is 0 Å². The first-order valence-electron chi connectivity index (χ1n) is 8.00. The van der Waals surface area contributed by atoms with E-state index in [4.69, 9.17) is 4.74 Å². The van der Waals surface area contributed by atoms with E-state index in [-0.39, 0.29) is 0 Å². The highest BCUT2D eigenvalue weighted by Gasteiger charge is 2.60. The highest BCUT2D eigenvalue weighted by atomic mass is 16.5. The maximum Gasteiger partial charge on any atom is 0.0497 e. The summed E-state index contributed by atoms with van der Waals surface area (Å²) in [6, 6.07) is 0. The number of rotatable bonds is 4. The normalized spacial score (nSPS) is 51.6. The van der Waals surface area contributed by atoms with Crippen LogP contribution in [0.1, 0.15) is 33.1 Å². The molecule has 18 heavy (non-hydrogen) atoms. The number of hydrogen-bond acceptors (Lipinski definition) is 1. The molecule has 7 unspecified atom stereocenters. The van der Waals surface area contributed by atoms with E-state index in [1.807, 2.05) is 0 Å². The van der Waals surface area contributed by atoms with Crippen molar-refractivity contribution in [1.29, 1.82) is 0 Å². The van der Waals surface area contributed by atoms with Crippen molar-refractivity contribution < 1.29 is 4.74 Å². The van der Waals surface area contributed by atoms with Crippen molar-refractivity contribution in [2.24, 2.45) is 47.3 Å². The Kier molecular flexibility index (Phi) is 2.62. The van der Waals surface area contributed by atoms with Gasteiger partial charge < -0.3 is 4.74 Å². The molecular weight excluding hydrogens is 220 g/mol. The van der Waals surface area contributed by atoms with E-state index in [0.717, 1.165) is 54.6 Å². The lowest BCUT2D eigenvalue weighted by Gasteiger charge is -2.36. The third kappa shape index (κ3) is 1.56. The third-order valence-electron chi connectivity index (χ3n) is 6.19. The van der Waals surface area contributed by atoms with E-state index in [0.29, 0.717) is 5.92 Å². The van der Waals surface area contributed by atoms with Gasteiger partial charge in [-0.25, -0.2) is 0 Å². The molecule has 100 valence electrons. The van der Waals surface area contributed by atoms with Gasteiger partial charge in [0.05, 0.1) is 0 Å². The van der Waals surface area contributed by atoms with Crippen LogP contribution in [0.5, 0.6) is 0 Å². The molecule has 0 heterocycles. The largest absolute Gasteiger partial charge is 0.381 e. The standard InChI is InChI=1S/C17H26O/c1-10(2)8-18-9-14-6-13-7-15(14)17-12-4-3-11(5-12)16(13)17/h3-4,10-17H,5-9H2,1-2H3. The van der Waals surface area contributed by atoms with Crippen LogP contribution < -0.4 is 0 Å². The minimum absolute atomic E-state index is 0.682. The van der Waals surface area contributed by atoms with Crippen LogP contribution in [0.3, 0.4) is 0 Å². The summed E-state index contributed by atoms with van der Waals surface area (Å²) in [7, 11) is 0. The van der Waals surface area contributed by atoms with E-state index in [9.17, 15) is 0 Å². The predicted octanol–water partition coefficient (Wildman–Crippen LogP) is 3.75. The Morgan fingerprint density at radius 3 is 2.61 bits per heavy atom. The van der Waals surface area contributed by atoms with E-state index in [1.165, 1.54) is 19.3 Å². The monoisotopic (exact) mass is 246 g/mol. The summed E-state index contributed by atoms with van der Waals surface area (Å²) in [6.45, 7) is 6.49. The van der Waals surface area contributed by atoms with Gasteiger partial charge in [-0.1, -0.05) is 26.0 Å². The Balaban J connectivity index is 1.41. The van der Waals surface area contributed by atoms with Crippen molar-refractivity contribution in [2.75, 3.05) is 13.2 Å². The molecular formula is C17H26O. The smallest absolute Gasteiger partial charge is 0.0497 e. The molecule has 0 spiro atoms. The second-order valence-electron chi connectivity index (χ2n) is 7.69. The summed E-state index contributed by atoms with van der Waals surface area (Å²) >= 11 is 0. The molecule has 0 N–H and O–H groups in total. The Labute approximate surface area is 111 Å². The van der Waals surface area contributed by atoms with Gasteiger partial charge in [-0.2, -0.15) is 0 Å². The Morgan fingerprint density at radius 2 is 1.83 bits per heavy atom. The Morgan fingerprint density at radius 1 is 1.06 bits per heavy atom. The van der Waals surface area contributed by atoms with E-state index in [2.05, 4.69) is 26.0 Å². The molecule has 1 heteroatoms. The van der Waals surface area contributed by atoms with Gasteiger partial charge in [0.15, 0.2) is 0 Å². The molecule has 3 saturated carbocycles. The summed E-state index contributed by atoms with van der Waals surface area (Å²) in [5, 5.41) is 0. The van der Waals surface area contributed by atoms with Crippen LogP contribution in [0.25, 0.3) is 0 Å². The van der Waals surface area contributed by atoms with Crippen molar-refractivity contribution in [2.45, 2.75) is 33.1 Å². The van der Waals surface area contributed by atoms with Crippen LogP contribution in [0.15, 0.2) is 12.2 Å². The molecule has 0 aromatic carbocycles. The Bertz CT molecular complexity index is 359. The van der Waals surface area contributed by atoms with Crippen LogP contribution >= 0.6 is 0 Å². The summed E-state index contributed by atoms with van der Waals surface area (Å²) < 4.78 is 5.94. The fourth-order valence-corrected chi connectivity index (χ4v) is 5.80. The van der Waals surface area contributed by atoms with Gasteiger partial charge in [0.25, 0.3) is 0 Å². The number of fused-ring (bicyclic) bond motifs is 9. The van der Waals surface area contributed by atoms with Crippen LogP contribution in [-0.2, 0) is 4.74 Å². The molecule has 4 rings (SSSR count). The fourth-order valence-electron chi connectivity index (χ4n) is 5.80. The quantitative estimate of drug-likeness (QED) is 0.542. The maximum atomic E-state index is 5.94. The second kappa shape index (κ2) is 4.10. The van der Waals surface area contributed by atoms with E-state index >= 15 is 0 Å². The van der Waals surface area contributed by atoms with Gasteiger partial charge in [-0.05, 0) is 66.6 Å². The highest BCUT2D eigenvalue weighted by Crippen LogP contribution is 2.66. The van der Waals surface area contributed by atoms with Crippen molar-refractivity contribution in [3.63, 3.8) is 0 Å². The number of ether oxygens (including phenoxy) is 1. The van der Waals surface area contributed by atoms with Gasteiger partial charge in [0.1, 0.15) is 0 Å². The van der Waals surface area contributed by atoms with Crippen molar-refractivity contribution >= 4 is 0 Å².